The topological polar surface area (TPSA) is 50.1 Å². The quantitative estimate of drug-likeness (QED) is 0.678. The van der Waals surface area contributed by atoms with Crippen LogP contribution in [-0.2, 0) is 16.0 Å². The molecule has 0 amide bonds. The number of ether oxygens (including phenoxy) is 1. The Morgan fingerprint density at radius 2 is 2.54 bits per heavy atom. The number of rotatable bonds is 2. The number of methoxy groups -OCH3 is 1. The highest BCUT2D eigenvalue weighted by molar-refractivity contribution is 7.10. The Morgan fingerprint density at radius 1 is 1.85 bits per heavy atom. The van der Waals surface area contributed by atoms with Crippen molar-refractivity contribution < 1.29 is 13.9 Å². The monoisotopic (exact) mass is 199 g/mol. The molecule has 0 aromatic carbocycles. The first kappa shape index (κ1) is 9.68. The molecule has 1 aromatic heterocycles. The number of thiophene rings is 1. The normalized spacial score (nSPS) is 9.31. The van der Waals surface area contributed by atoms with Gasteiger partial charge in [0.15, 0.2) is 5.13 Å². The molecule has 68 valence electrons. The third-order valence-electron chi connectivity index (χ3n) is 1.43. The Bertz CT molecular complexity index is 367. The zero-order valence-corrected chi connectivity index (χ0v) is 7.65. The zero-order valence-electron chi connectivity index (χ0n) is 6.83. The second kappa shape index (κ2) is 4.01. The molecule has 0 saturated carbocycles. The predicted molar refractivity (Wildman–Crippen MR) is 44.7 cm³/mol. The minimum absolute atomic E-state index is 0.0476. The van der Waals surface area contributed by atoms with Gasteiger partial charge in [-0.3, -0.25) is 4.79 Å². The summed E-state index contributed by atoms with van der Waals surface area (Å²) < 4.78 is 17.0. The molecule has 0 saturated heterocycles. The van der Waals surface area contributed by atoms with E-state index in [1.54, 1.807) is 0 Å². The molecule has 0 fully saturated rings. The summed E-state index contributed by atoms with van der Waals surface area (Å²) in [5.41, 5.74) is 0.202. The average Bonchev–Trinajstić information content (AvgIpc) is 2.46. The number of nitriles is 1. The summed E-state index contributed by atoms with van der Waals surface area (Å²) in [6, 6.07) is 2.92. The van der Waals surface area contributed by atoms with Crippen molar-refractivity contribution in [1.29, 1.82) is 5.26 Å². The number of nitrogens with zero attached hydrogens (tertiary/aromatic N) is 1. The number of hydrogen-bond donors (Lipinski definition) is 0. The van der Waals surface area contributed by atoms with Crippen LogP contribution in [0.1, 0.15) is 10.4 Å². The van der Waals surface area contributed by atoms with Gasteiger partial charge in [0.1, 0.15) is 6.07 Å². The lowest BCUT2D eigenvalue weighted by molar-refractivity contribution is -0.139. The average molecular weight is 199 g/mol. The highest BCUT2D eigenvalue weighted by Crippen LogP contribution is 2.20. The second-order valence-corrected chi connectivity index (χ2v) is 3.34. The maximum absolute atomic E-state index is 12.6. The Hall–Kier alpha value is -1.41. The summed E-state index contributed by atoms with van der Waals surface area (Å²) in [5, 5.41) is 8.09. The lowest BCUT2D eigenvalue weighted by atomic mass is 10.2. The van der Waals surface area contributed by atoms with Crippen LogP contribution in [0.25, 0.3) is 0 Å². The van der Waals surface area contributed by atoms with Crippen LogP contribution in [0.2, 0.25) is 0 Å². The number of carbonyl (C=O) groups excluding carboxylic acids is 1. The first-order valence-corrected chi connectivity index (χ1v) is 4.24. The van der Waals surface area contributed by atoms with Crippen LogP contribution < -0.4 is 0 Å². The molecule has 1 rings (SSSR count). The van der Waals surface area contributed by atoms with Gasteiger partial charge in [-0.1, -0.05) is 0 Å². The Morgan fingerprint density at radius 3 is 3.08 bits per heavy atom. The summed E-state index contributed by atoms with van der Waals surface area (Å²) in [6.45, 7) is 0. The molecule has 13 heavy (non-hydrogen) atoms. The molecule has 0 N–H and O–H groups in total. The first-order chi connectivity index (χ1) is 6.17. The van der Waals surface area contributed by atoms with Gasteiger partial charge in [-0.2, -0.15) is 9.65 Å². The van der Waals surface area contributed by atoms with Crippen LogP contribution in [0.4, 0.5) is 4.39 Å². The van der Waals surface area contributed by atoms with Crippen molar-refractivity contribution >= 4 is 17.3 Å². The van der Waals surface area contributed by atoms with Gasteiger partial charge in [0.2, 0.25) is 0 Å². The molecule has 1 aromatic rings. The molecule has 0 unspecified atom stereocenters. The van der Waals surface area contributed by atoms with Crippen LogP contribution in [0.5, 0.6) is 0 Å². The van der Waals surface area contributed by atoms with E-state index < -0.39 is 11.1 Å². The van der Waals surface area contributed by atoms with E-state index in [0.29, 0.717) is 4.88 Å². The summed E-state index contributed by atoms with van der Waals surface area (Å²) in [4.78, 5) is 11.2. The predicted octanol–water partition coefficient (Wildman–Crippen LogP) is 1.47. The molecule has 5 heteroatoms. The van der Waals surface area contributed by atoms with Crippen LogP contribution in [0.3, 0.4) is 0 Å². The van der Waals surface area contributed by atoms with E-state index in [-0.39, 0.29) is 12.0 Å². The minimum atomic E-state index is -0.474. The molecular weight excluding hydrogens is 193 g/mol. The molecular formula is C8H6FNO2S. The zero-order chi connectivity index (χ0) is 9.84. The lowest BCUT2D eigenvalue weighted by Gasteiger charge is -1.95. The van der Waals surface area contributed by atoms with E-state index in [4.69, 9.17) is 5.26 Å². The number of halogens is 1. The van der Waals surface area contributed by atoms with Crippen LogP contribution >= 0.6 is 11.3 Å². The van der Waals surface area contributed by atoms with Gasteiger partial charge < -0.3 is 4.74 Å². The van der Waals surface area contributed by atoms with Crippen molar-refractivity contribution in [2.24, 2.45) is 0 Å². The van der Waals surface area contributed by atoms with Crippen molar-refractivity contribution in [3.05, 3.63) is 21.6 Å². The van der Waals surface area contributed by atoms with Gasteiger partial charge in [-0.05, 0) is 0 Å². The standard InChI is InChI=1S/C8H6FNO2S/c1-12-8(11)3-6-5(4-10)2-7(9)13-6/h2H,3H2,1H3. The van der Waals surface area contributed by atoms with Crippen molar-refractivity contribution in [2.45, 2.75) is 6.42 Å². The number of esters is 1. The van der Waals surface area contributed by atoms with Crippen molar-refractivity contribution in [2.75, 3.05) is 7.11 Å². The lowest BCUT2D eigenvalue weighted by Crippen LogP contribution is -2.03. The van der Waals surface area contributed by atoms with E-state index in [9.17, 15) is 9.18 Å². The SMILES string of the molecule is COC(=O)Cc1sc(F)cc1C#N. The molecule has 0 bridgehead atoms. The number of carbonyl (C=O) groups is 1. The molecule has 0 radical (unpaired) electrons. The highest BCUT2D eigenvalue weighted by Gasteiger charge is 2.12. The fourth-order valence-corrected chi connectivity index (χ4v) is 1.64. The van der Waals surface area contributed by atoms with E-state index in [0.717, 1.165) is 17.4 Å². The minimum Gasteiger partial charge on any atom is -0.469 e. The van der Waals surface area contributed by atoms with Crippen LogP contribution in [-0.4, -0.2) is 13.1 Å². The Kier molecular flexibility index (Phi) is 2.98. The Labute approximate surface area is 78.4 Å². The molecule has 0 aliphatic rings. The van der Waals surface area contributed by atoms with E-state index in [1.165, 1.54) is 7.11 Å². The first-order valence-electron chi connectivity index (χ1n) is 3.42. The summed E-state index contributed by atoms with van der Waals surface area (Å²) in [6.07, 6.45) is -0.0476. The van der Waals surface area contributed by atoms with Gasteiger partial charge in [-0.15, -0.1) is 11.3 Å². The van der Waals surface area contributed by atoms with E-state index >= 15 is 0 Å². The molecule has 0 aliphatic carbocycles. The third-order valence-corrected chi connectivity index (χ3v) is 2.36. The van der Waals surface area contributed by atoms with Gasteiger partial charge in [0.25, 0.3) is 0 Å². The molecule has 0 aliphatic heterocycles. The molecule has 0 spiro atoms. The second-order valence-electron chi connectivity index (χ2n) is 2.25. The fourth-order valence-electron chi connectivity index (χ4n) is 0.825. The van der Waals surface area contributed by atoms with Gasteiger partial charge in [0.05, 0.1) is 19.1 Å². The summed E-state index contributed by atoms with van der Waals surface area (Å²) in [5.74, 6) is -0.474. The molecule has 1 heterocycles. The summed E-state index contributed by atoms with van der Waals surface area (Å²) in [7, 11) is 1.25. The highest BCUT2D eigenvalue weighted by atomic mass is 32.1. The van der Waals surface area contributed by atoms with Crippen molar-refractivity contribution in [1.82, 2.24) is 0 Å². The van der Waals surface area contributed by atoms with Crippen molar-refractivity contribution in [3.8, 4) is 6.07 Å². The maximum atomic E-state index is 12.6. The Balaban J connectivity index is 2.88. The van der Waals surface area contributed by atoms with Crippen LogP contribution in [0.15, 0.2) is 6.07 Å². The maximum Gasteiger partial charge on any atom is 0.310 e. The number of hydrogen-bond acceptors (Lipinski definition) is 4. The molecule has 3 nitrogen and oxygen atoms in total. The summed E-state index contributed by atoms with van der Waals surface area (Å²) >= 11 is 0.793. The van der Waals surface area contributed by atoms with E-state index in [2.05, 4.69) is 4.74 Å². The third kappa shape index (κ3) is 2.26. The van der Waals surface area contributed by atoms with Gasteiger partial charge in [0, 0.05) is 10.9 Å². The van der Waals surface area contributed by atoms with Gasteiger partial charge >= 0.3 is 5.97 Å². The molecule has 0 atom stereocenters. The van der Waals surface area contributed by atoms with Gasteiger partial charge in [-0.25, -0.2) is 0 Å². The largest absolute Gasteiger partial charge is 0.469 e. The van der Waals surface area contributed by atoms with E-state index in [1.807, 2.05) is 6.07 Å². The fraction of sp³-hybridized carbons (Fsp3) is 0.250. The smallest absolute Gasteiger partial charge is 0.310 e. The van der Waals surface area contributed by atoms with Crippen molar-refractivity contribution in [3.63, 3.8) is 0 Å². The van der Waals surface area contributed by atoms with Crippen LogP contribution in [0, 0.1) is 16.5 Å².